The van der Waals surface area contributed by atoms with Crippen molar-refractivity contribution in [1.82, 2.24) is 15.5 Å². The molecule has 0 saturated heterocycles. The number of carbonyl (C=O) groups excluding carboxylic acids is 1. The molecule has 2 N–H and O–H groups in total. The average Bonchev–Trinajstić information content (AvgIpc) is 2.50. The zero-order valence-electron chi connectivity index (χ0n) is 12.1. The molecule has 0 bridgehead atoms. The van der Waals surface area contributed by atoms with Gasteiger partial charge in [-0.15, -0.1) is 0 Å². The van der Waals surface area contributed by atoms with E-state index < -0.39 is 0 Å². The van der Waals surface area contributed by atoms with Crippen molar-refractivity contribution in [2.24, 2.45) is 0 Å². The quantitative estimate of drug-likeness (QED) is 0.848. The van der Waals surface area contributed by atoms with Gasteiger partial charge < -0.3 is 5.32 Å². The van der Waals surface area contributed by atoms with Crippen LogP contribution in [0.2, 0.25) is 0 Å². The van der Waals surface area contributed by atoms with Crippen LogP contribution in [-0.4, -0.2) is 22.6 Å². The highest BCUT2D eigenvalue weighted by Crippen LogP contribution is 2.07. The number of nitrogens with zero attached hydrogens (tertiary/aromatic N) is 1. The van der Waals surface area contributed by atoms with Gasteiger partial charge >= 0.3 is 0 Å². The Bertz CT molecular complexity index is 627. The zero-order valence-corrected chi connectivity index (χ0v) is 12.1. The number of benzene rings is 1. The molecule has 110 valence electrons. The average molecular weight is 285 g/mol. The highest BCUT2D eigenvalue weighted by molar-refractivity contribution is 5.91. The maximum atomic E-state index is 11.8. The van der Waals surface area contributed by atoms with Gasteiger partial charge in [-0.25, -0.2) is 5.10 Å². The monoisotopic (exact) mass is 285 g/mol. The molecule has 1 aromatic carbocycles. The van der Waals surface area contributed by atoms with Gasteiger partial charge in [-0.05, 0) is 30.0 Å². The summed E-state index contributed by atoms with van der Waals surface area (Å²) < 4.78 is 0. The Kier molecular flexibility index (Phi) is 5.26. The lowest BCUT2D eigenvalue weighted by Gasteiger charge is -2.05. The highest BCUT2D eigenvalue weighted by Gasteiger charge is 2.06. The predicted octanol–water partition coefficient (Wildman–Crippen LogP) is 1.69. The van der Waals surface area contributed by atoms with Crippen molar-refractivity contribution in [3.05, 3.63) is 63.6 Å². The Morgan fingerprint density at radius 3 is 2.33 bits per heavy atom. The fourth-order valence-corrected chi connectivity index (χ4v) is 2.04. The van der Waals surface area contributed by atoms with Crippen LogP contribution < -0.4 is 10.9 Å². The van der Waals surface area contributed by atoms with E-state index in [2.05, 4.69) is 46.7 Å². The van der Waals surface area contributed by atoms with Crippen LogP contribution in [0.5, 0.6) is 0 Å². The zero-order chi connectivity index (χ0) is 15.1. The van der Waals surface area contributed by atoms with Crippen molar-refractivity contribution in [3.63, 3.8) is 0 Å². The summed E-state index contributed by atoms with van der Waals surface area (Å²) in [4.78, 5) is 22.7. The van der Waals surface area contributed by atoms with Crippen LogP contribution in [-0.2, 0) is 12.8 Å². The van der Waals surface area contributed by atoms with Gasteiger partial charge in [-0.3, -0.25) is 9.59 Å². The largest absolute Gasteiger partial charge is 0.350 e. The normalized spacial score (nSPS) is 10.3. The van der Waals surface area contributed by atoms with Gasteiger partial charge in [-0.2, -0.15) is 5.10 Å². The van der Waals surface area contributed by atoms with Gasteiger partial charge in [0.1, 0.15) is 5.69 Å². The standard InChI is InChI=1S/C16H19N3O2/c1-2-3-12-4-6-13(7-5-12)10-11-17-16(21)14-8-9-15(20)19-18-14/h4-9H,2-3,10-11H2,1H3,(H,17,21)(H,19,20). The third kappa shape index (κ3) is 4.56. The molecule has 0 spiro atoms. The van der Waals surface area contributed by atoms with Crippen LogP contribution in [0.3, 0.4) is 0 Å². The number of aryl methyl sites for hydroxylation is 1. The van der Waals surface area contributed by atoms with Crippen LogP contribution in [0.25, 0.3) is 0 Å². The molecule has 21 heavy (non-hydrogen) atoms. The van der Waals surface area contributed by atoms with Gasteiger partial charge in [0.25, 0.3) is 11.5 Å². The molecule has 0 fully saturated rings. The molecular weight excluding hydrogens is 266 g/mol. The first-order chi connectivity index (χ1) is 10.2. The summed E-state index contributed by atoms with van der Waals surface area (Å²) in [6.07, 6.45) is 3.00. The molecule has 1 aromatic heterocycles. The molecule has 2 rings (SSSR count). The molecule has 0 radical (unpaired) electrons. The van der Waals surface area contributed by atoms with E-state index >= 15 is 0 Å². The van der Waals surface area contributed by atoms with Gasteiger partial charge in [0, 0.05) is 12.6 Å². The molecule has 0 saturated carbocycles. The minimum absolute atomic E-state index is 0.216. The lowest BCUT2D eigenvalue weighted by molar-refractivity contribution is 0.0948. The minimum Gasteiger partial charge on any atom is -0.350 e. The van der Waals surface area contributed by atoms with Crippen molar-refractivity contribution >= 4 is 5.91 Å². The van der Waals surface area contributed by atoms with E-state index in [4.69, 9.17) is 0 Å². The lowest BCUT2D eigenvalue weighted by atomic mass is 10.1. The summed E-state index contributed by atoms with van der Waals surface area (Å²) in [6, 6.07) is 11.1. The molecule has 2 aromatic rings. The van der Waals surface area contributed by atoms with E-state index in [1.165, 1.54) is 23.3 Å². The first kappa shape index (κ1) is 15.0. The summed E-state index contributed by atoms with van der Waals surface area (Å²) in [7, 11) is 0. The van der Waals surface area contributed by atoms with E-state index in [1.54, 1.807) is 0 Å². The van der Waals surface area contributed by atoms with Crippen LogP contribution >= 0.6 is 0 Å². The van der Waals surface area contributed by atoms with Crippen molar-refractivity contribution in [2.45, 2.75) is 26.2 Å². The molecule has 5 nitrogen and oxygen atoms in total. The van der Waals surface area contributed by atoms with E-state index in [1.807, 2.05) is 0 Å². The van der Waals surface area contributed by atoms with E-state index in [-0.39, 0.29) is 17.2 Å². The number of hydrogen-bond donors (Lipinski definition) is 2. The van der Waals surface area contributed by atoms with Crippen molar-refractivity contribution < 1.29 is 4.79 Å². The van der Waals surface area contributed by atoms with Gasteiger partial charge in [0.05, 0.1) is 0 Å². The van der Waals surface area contributed by atoms with Crippen LogP contribution in [0.4, 0.5) is 0 Å². The Morgan fingerprint density at radius 1 is 1.10 bits per heavy atom. The van der Waals surface area contributed by atoms with Crippen molar-refractivity contribution in [3.8, 4) is 0 Å². The first-order valence-electron chi connectivity index (χ1n) is 7.11. The van der Waals surface area contributed by atoms with Gasteiger partial charge in [0.15, 0.2) is 0 Å². The van der Waals surface area contributed by atoms with Crippen LogP contribution in [0, 0.1) is 0 Å². The number of hydrogen-bond acceptors (Lipinski definition) is 3. The third-order valence-electron chi connectivity index (χ3n) is 3.17. The summed E-state index contributed by atoms with van der Waals surface area (Å²) in [5, 5.41) is 8.71. The maximum absolute atomic E-state index is 11.8. The number of nitrogens with one attached hydrogen (secondary N) is 2. The Labute approximate surface area is 123 Å². The molecule has 0 unspecified atom stereocenters. The van der Waals surface area contributed by atoms with Gasteiger partial charge in [0.2, 0.25) is 0 Å². The number of H-pyrrole nitrogens is 1. The highest BCUT2D eigenvalue weighted by atomic mass is 16.2. The number of amides is 1. The van der Waals surface area contributed by atoms with Crippen molar-refractivity contribution in [1.29, 1.82) is 0 Å². The SMILES string of the molecule is CCCc1ccc(CCNC(=O)c2ccc(=O)[nH]n2)cc1. The molecule has 0 aliphatic heterocycles. The molecule has 1 heterocycles. The predicted molar refractivity (Wildman–Crippen MR) is 81.3 cm³/mol. The molecular formula is C16H19N3O2. The number of aromatic nitrogens is 2. The molecule has 0 aliphatic rings. The Balaban J connectivity index is 1.82. The molecule has 5 heteroatoms. The number of aromatic amines is 1. The summed E-state index contributed by atoms with van der Waals surface area (Å²) in [5.41, 5.74) is 2.42. The fourth-order valence-electron chi connectivity index (χ4n) is 2.04. The Morgan fingerprint density at radius 2 is 1.76 bits per heavy atom. The van der Waals surface area contributed by atoms with Gasteiger partial charge in [-0.1, -0.05) is 37.6 Å². The molecule has 0 atom stereocenters. The topological polar surface area (TPSA) is 74.8 Å². The maximum Gasteiger partial charge on any atom is 0.271 e. The second-order valence-corrected chi connectivity index (χ2v) is 4.88. The van der Waals surface area contributed by atoms with Crippen LogP contribution in [0.1, 0.15) is 35.0 Å². The van der Waals surface area contributed by atoms with Crippen molar-refractivity contribution in [2.75, 3.05) is 6.54 Å². The number of rotatable bonds is 6. The summed E-state index contributed by atoms with van der Waals surface area (Å²) in [6.45, 7) is 2.70. The molecule has 1 amide bonds. The van der Waals surface area contributed by atoms with E-state index in [0.29, 0.717) is 6.54 Å². The van der Waals surface area contributed by atoms with E-state index in [9.17, 15) is 9.59 Å². The number of carbonyl (C=O) groups is 1. The summed E-state index contributed by atoms with van der Waals surface area (Å²) >= 11 is 0. The lowest BCUT2D eigenvalue weighted by Crippen LogP contribution is -2.27. The smallest absolute Gasteiger partial charge is 0.271 e. The van der Waals surface area contributed by atoms with E-state index in [0.717, 1.165) is 19.3 Å². The summed E-state index contributed by atoms with van der Waals surface area (Å²) in [5.74, 6) is -0.283. The first-order valence-corrected chi connectivity index (χ1v) is 7.11. The van der Waals surface area contributed by atoms with Crippen LogP contribution in [0.15, 0.2) is 41.2 Å². The Hall–Kier alpha value is -2.43. The second-order valence-electron chi connectivity index (χ2n) is 4.88. The fraction of sp³-hybridized carbons (Fsp3) is 0.312. The third-order valence-corrected chi connectivity index (χ3v) is 3.17. The second kappa shape index (κ2) is 7.38. The minimum atomic E-state index is -0.321. The molecule has 0 aliphatic carbocycles.